The van der Waals surface area contributed by atoms with Crippen LogP contribution < -0.4 is 9.64 Å². The summed E-state index contributed by atoms with van der Waals surface area (Å²) in [4.78, 5) is 17.6. The predicted molar refractivity (Wildman–Crippen MR) is 140 cm³/mol. The second kappa shape index (κ2) is 9.85. The van der Waals surface area contributed by atoms with Crippen molar-refractivity contribution in [2.45, 2.75) is 13.8 Å². The highest BCUT2D eigenvalue weighted by molar-refractivity contribution is 5.94. The molecule has 1 saturated heterocycles. The minimum absolute atomic E-state index is 0.0867. The van der Waals surface area contributed by atoms with Crippen molar-refractivity contribution >= 4 is 11.6 Å². The number of halogens is 1. The first-order valence-corrected chi connectivity index (χ1v) is 12.1. The summed E-state index contributed by atoms with van der Waals surface area (Å²) in [6, 6.07) is 22.4. The zero-order valence-corrected chi connectivity index (χ0v) is 20.7. The van der Waals surface area contributed by atoms with Gasteiger partial charge in [0.25, 0.3) is 5.91 Å². The molecule has 36 heavy (non-hydrogen) atoms. The van der Waals surface area contributed by atoms with Gasteiger partial charge in [0.05, 0.1) is 24.2 Å². The number of rotatable bonds is 5. The number of ether oxygens (including phenoxy) is 1. The molecule has 0 unspecified atom stereocenters. The van der Waals surface area contributed by atoms with Gasteiger partial charge >= 0.3 is 0 Å². The molecule has 7 heteroatoms. The van der Waals surface area contributed by atoms with Crippen LogP contribution in [0.4, 0.5) is 10.1 Å². The maximum Gasteiger partial charge on any atom is 0.272 e. The van der Waals surface area contributed by atoms with Crippen molar-refractivity contribution in [2.75, 3.05) is 38.2 Å². The summed E-state index contributed by atoms with van der Waals surface area (Å²) < 4.78 is 21.3. The Balaban J connectivity index is 1.47. The van der Waals surface area contributed by atoms with E-state index in [0.717, 1.165) is 28.1 Å². The van der Waals surface area contributed by atoms with E-state index in [2.05, 4.69) is 6.07 Å². The molecule has 3 aromatic carbocycles. The molecule has 0 bridgehead atoms. The van der Waals surface area contributed by atoms with Gasteiger partial charge in [0.2, 0.25) is 0 Å². The van der Waals surface area contributed by atoms with E-state index in [1.54, 1.807) is 23.9 Å². The summed E-state index contributed by atoms with van der Waals surface area (Å²) in [5.41, 5.74) is 5.70. The molecule has 6 nitrogen and oxygen atoms in total. The molecule has 184 valence electrons. The average molecular weight is 485 g/mol. The molecule has 0 N–H and O–H groups in total. The molecular formula is C29H29FN4O2. The fourth-order valence-electron chi connectivity index (χ4n) is 4.59. The number of carbonyl (C=O) groups is 1. The lowest BCUT2D eigenvalue weighted by atomic mass is 10.1. The van der Waals surface area contributed by atoms with E-state index in [4.69, 9.17) is 9.84 Å². The lowest BCUT2D eigenvalue weighted by Gasteiger charge is -2.36. The van der Waals surface area contributed by atoms with Gasteiger partial charge in [0.15, 0.2) is 0 Å². The van der Waals surface area contributed by atoms with Gasteiger partial charge < -0.3 is 14.5 Å². The molecule has 1 aromatic heterocycles. The Morgan fingerprint density at radius 2 is 1.61 bits per heavy atom. The summed E-state index contributed by atoms with van der Waals surface area (Å²) in [6.07, 6.45) is 0. The summed E-state index contributed by atoms with van der Waals surface area (Å²) >= 11 is 0. The van der Waals surface area contributed by atoms with E-state index in [1.165, 1.54) is 6.07 Å². The first kappa shape index (κ1) is 23.6. The zero-order chi connectivity index (χ0) is 25.2. The highest BCUT2D eigenvalue weighted by Gasteiger charge is 2.27. The molecule has 1 aliphatic rings. The van der Waals surface area contributed by atoms with Crippen LogP contribution in [-0.4, -0.2) is 53.9 Å². The summed E-state index contributed by atoms with van der Waals surface area (Å²) in [6.45, 7) is 6.18. The quantitative estimate of drug-likeness (QED) is 0.388. The molecule has 5 rings (SSSR count). The number of methoxy groups -OCH3 is 1. The number of hydrogen-bond acceptors (Lipinski definition) is 4. The number of anilines is 1. The van der Waals surface area contributed by atoms with Crippen LogP contribution in [0.15, 0.2) is 72.8 Å². The molecular weight excluding hydrogens is 455 g/mol. The van der Waals surface area contributed by atoms with Crippen LogP contribution in [0.5, 0.6) is 5.75 Å². The van der Waals surface area contributed by atoms with Gasteiger partial charge in [-0.05, 0) is 73.5 Å². The third-order valence-electron chi connectivity index (χ3n) is 6.67. The van der Waals surface area contributed by atoms with Gasteiger partial charge in [-0.15, -0.1) is 0 Å². The number of aryl methyl sites for hydroxylation is 2. The van der Waals surface area contributed by atoms with Crippen molar-refractivity contribution in [3.05, 3.63) is 95.4 Å². The molecule has 1 fully saturated rings. The van der Waals surface area contributed by atoms with Crippen LogP contribution >= 0.6 is 0 Å². The maximum absolute atomic E-state index is 14.3. The molecule has 0 radical (unpaired) electrons. The van der Waals surface area contributed by atoms with Gasteiger partial charge in [-0.25, -0.2) is 9.07 Å². The first-order chi connectivity index (χ1) is 17.4. The van der Waals surface area contributed by atoms with E-state index < -0.39 is 0 Å². The third kappa shape index (κ3) is 4.56. The lowest BCUT2D eigenvalue weighted by Crippen LogP contribution is -2.49. The molecule has 0 spiro atoms. The Morgan fingerprint density at radius 3 is 2.31 bits per heavy atom. The number of carbonyl (C=O) groups excluding carboxylic acids is 1. The Kier molecular flexibility index (Phi) is 6.46. The number of piperazine rings is 1. The Hall–Kier alpha value is -4.13. The van der Waals surface area contributed by atoms with Gasteiger partial charge in [-0.1, -0.05) is 24.3 Å². The Bertz CT molecular complexity index is 1390. The highest BCUT2D eigenvalue weighted by Crippen LogP contribution is 2.27. The monoisotopic (exact) mass is 484 g/mol. The normalized spacial score (nSPS) is 13.7. The zero-order valence-electron chi connectivity index (χ0n) is 20.7. The van der Waals surface area contributed by atoms with Crippen LogP contribution in [0, 0.1) is 19.7 Å². The Morgan fingerprint density at radius 1 is 0.889 bits per heavy atom. The smallest absolute Gasteiger partial charge is 0.272 e. The van der Waals surface area contributed by atoms with Gasteiger partial charge in [-0.2, -0.15) is 5.10 Å². The standard InChI is InChI=1S/C29H29FN4O2/c1-20-8-9-21(2)27(18-20)34-28(19-25(31-34)22-10-12-23(36-3)13-11-22)29(35)33-16-14-32(15-17-33)26-7-5-4-6-24(26)30/h4-13,18-19H,14-17H2,1-3H3. The second-order valence-corrected chi connectivity index (χ2v) is 9.08. The van der Waals surface area contributed by atoms with Crippen molar-refractivity contribution in [2.24, 2.45) is 0 Å². The number of amides is 1. The molecule has 0 saturated carbocycles. The lowest BCUT2D eigenvalue weighted by molar-refractivity contribution is 0.0737. The van der Waals surface area contributed by atoms with Crippen LogP contribution in [-0.2, 0) is 0 Å². The molecule has 1 aliphatic heterocycles. The number of hydrogen-bond donors (Lipinski definition) is 0. The third-order valence-corrected chi connectivity index (χ3v) is 6.67. The minimum Gasteiger partial charge on any atom is -0.497 e. The van der Waals surface area contributed by atoms with Gasteiger partial charge in [0.1, 0.15) is 17.3 Å². The van der Waals surface area contributed by atoms with E-state index in [1.807, 2.05) is 72.2 Å². The van der Waals surface area contributed by atoms with E-state index in [0.29, 0.717) is 43.3 Å². The first-order valence-electron chi connectivity index (χ1n) is 12.1. The number of nitrogens with zero attached hydrogens (tertiary/aromatic N) is 4. The predicted octanol–water partition coefficient (Wildman–Crippen LogP) is 5.27. The maximum atomic E-state index is 14.3. The molecule has 4 aromatic rings. The van der Waals surface area contributed by atoms with Crippen LogP contribution in [0.1, 0.15) is 21.6 Å². The minimum atomic E-state index is -0.241. The molecule has 0 atom stereocenters. The van der Waals surface area contributed by atoms with Gasteiger partial charge in [-0.3, -0.25) is 4.79 Å². The van der Waals surface area contributed by atoms with Crippen molar-refractivity contribution in [1.82, 2.24) is 14.7 Å². The van der Waals surface area contributed by atoms with Crippen LogP contribution in [0.2, 0.25) is 0 Å². The van der Waals surface area contributed by atoms with Crippen molar-refractivity contribution in [3.8, 4) is 22.7 Å². The fourth-order valence-corrected chi connectivity index (χ4v) is 4.59. The topological polar surface area (TPSA) is 50.6 Å². The molecule has 1 amide bonds. The Labute approximate surface area is 210 Å². The second-order valence-electron chi connectivity index (χ2n) is 9.08. The fraction of sp³-hybridized carbons (Fsp3) is 0.241. The number of aromatic nitrogens is 2. The van der Waals surface area contributed by atoms with Crippen molar-refractivity contribution in [3.63, 3.8) is 0 Å². The SMILES string of the molecule is COc1ccc(-c2cc(C(=O)N3CCN(c4ccccc4F)CC3)n(-c3cc(C)ccc3C)n2)cc1. The number of benzene rings is 3. The van der Waals surface area contributed by atoms with E-state index in [-0.39, 0.29) is 11.7 Å². The van der Waals surface area contributed by atoms with Crippen LogP contribution in [0.25, 0.3) is 16.9 Å². The van der Waals surface area contributed by atoms with Crippen molar-refractivity contribution < 1.29 is 13.9 Å². The van der Waals surface area contributed by atoms with Crippen LogP contribution in [0.3, 0.4) is 0 Å². The summed E-state index contributed by atoms with van der Waals surface area (Å²) in [7, 11) is 1.63. The van der Waals surface area contributed by atoms with Crippen molar-refractivity contribution in [1.29, 1.82) is 0 Å². The number of para-hydroxylation sites is 1. The summed E-state index contributed by atoms with van der Waals surface area (Å²) in [5, 5.41) is 4.87. The van der Waals surface area contributed by atoms with Gasteiger partial charge in [0, 0.05) is 31.7 Å². The molecule has 2 heterocycles. The molecule has 0 aliphatic carbocycles. The highest BCUT2D eigenvalue weighted by atomic mass is 19.1. The largest absolute Gasteiger partial charge is 0.497 e. The van der Waals surface area contributed by atoms with E-state index >= 15 is 0 Å². The van der Waals surface area contributed by atoms with E-state index in [9.17, 15) is 9.18 Å². The average Bonchev–Trinajstić information content (AvgIpc) is 3.35. The summed E-state index contributed by atoms with van der Waals surface area (Å²) in [5.74, 6) is 0.433.